The topological polar surface area (TPSA) is 8.17 Å². The monoisotopic (exact) mass is 724 g/mol. The van der Waals surface area contributed by atoms with Gasteiger partial charge in [-0.3, -0.25) is 0 Å². The van der Waals surface area contributed by atoms with Crippen molar-refractivity contribution in [2.45, 2.75) is 5.41 Å². The van der Waals surface area contributed by atoms with Gasteiger partial charge >= 0.3 is 0 Å². The van der Waals surface area contributed by atoms with Crippen LogP contribution >= 0.6 is 0 Å². The van der Waals surface area contributed by atoms with Gasteiger partial charge in [0.15, 0.2) is 0 Å². The third kappa shape index (κ3) is 4.59. The van der Waals surface area contributed by atoms with E-state index in [4.69, 9.17) is 0 Å². The highest BCUT2D eigenvalue weighted by Crippen LogP contribution is 2.63. The molecule has 0 unspecified atom stereocenters. The van der Waals surface area contributed by atoms with E-state index in [-0.39, 0.29) is 0 Å². The molecule has 0 aliphatic heterocycles. The fourth-order valence-electron chi connectivity index (χ4n) is 9.98. The first-order chi connectivity index (χ1) is 28.3. The van der Waals surface area contributed by atoms with Crippen LogP contribution in [0, 0.1) is 0 Å². The zero-order chi connectivity index (χ0) is 37.5. The van der Waals surface area contributed by atoms with Crippen LogP contribution in [-0.2, 0) is 5.41 Å². The predicted octanol–water partition coefficient (Wildman–Crippen LogP) is 14.3. The normalized spacial score (nSPS) is 13.1. The van der Waals surface area contributed by atoms with Gasteiger partial charge in [-0.25, -0.2) is 0 Å². The average Bonchev–Trinajstić information content (AvgIpc) is 3.94. The third-order valence-electron chi connectivity index (χ3n) is 12.4. The molecule has 0 saturated carbocycles. The standard InChI is InChI=1S/C55H36N2/c1-2-13-37(14-3-1)38-25-27-41(28-26-38)57(54-24-12-17-39-15-4-6-18-44(39)54)43-30-32-48-47-31-29-42(56-34-33-40-16-5-11-23-53(40)56)35-51(47)55(52(48)36-43)49-21-9-7-19-45(49)46-20-8-10-22-50(46)55/h1-36H. The summed E-state index contributed by atoms with van der Waals surface area (Å²) >= 11 is 0. The number of aromatic nitrogens is 1. The second-order valence-electron chi connectivity index (χ2n) is 15.3. The Balaban J connectivity index is 1.12. The Bertz CT molecular complexity index is 3140. The lowest BCUT2D eigenvalue weighted by atomic mass is 9.70. The molecule has 2 aliphatic carbocycles. The van der Waals surface area contributed by atoms with Crippen LogP contribution in [0.1, 0.15) is 22.3 Å². The van der Waals surface area contributed by atoms with Gasteiger partial charge in [-0.1, -0.05) is 158 Å². The number of fused-ring (bicyclic) bond motifs is 12. The highest BCUT2D eigenvalue weighted by atomic mass is 15.1. The molecule has 0 saturated heterocycles. The molecule has 0 amide bonds. The number of hydrogen-bond acceptors (Lipinski definition) is 1. The molecule has 2 nitrogen and oxygen atoms in total. The second-order valence-corrected chi connectivity index (χ2v) is 15.3. The zero-order valence-corrected chi connectivity index (χ0v) is 31.2. The van der Waals surface area contributed by atoms with Gasteiger partial charge < -0.3 is 9.47 Å². The molecule has 12 rings (SSSR count). The molecule has 0 fully saturated rings. The van der Waals surface area contributed by atoms with Crippen molar-refractivity contribution in [3.63, 3.8) is 0 Å². The van der Waals surface area contributed by atoms with Crippen molar-refractivity contribution in [1.29, 1.82) is 0 Å². The van der Waals surface area contributed by atoms with Gasteiger partial charge in [-0.15, -0.1) is 0 Å². The molecule has 1 aromatic heterocycles. The molecule has 1 spiro atoms. The molecule has 0 N–H and O–H groups in total. The van der Waals surface area contributed by atoms with Gasteiger partial charge in [0.1, 0.15) is 0 Å². The van der Waals surface area contributed by atoms with E-state index < -0.39 is 5.41 Å². The molecule has 266 valence electrons. The summed E-state index contributed by atoms with van der Waals surface area (Å²) in [6, 6.07) is 78.4. The first-order valence-corrected chi connectivity index (χ1v) is 19.8. The Morgan fingerprint density at radius 2 is 0.947 bits per heavy atom. The van der Waals surface area contributed by atoms with Crippen LogP contribution in [0.4, 0.5) is 17.1 Å². The van der Waals surface area contributed by atoms with Gasteiger partial charge in [-0.05, 0) is 121 Å². The van der Waals surface area contributed by atoms with E-state index in [0.717, 1.165) is 17.1 Å². The molecular formula is C55H36N2. The number of anilines is 3. The first kappa shape index (κ1) is 31.9. The van der Waals surface area contributed by atoms with Crippen molar-refractivity contribution in [1.82, 2.24) is 4.57 Å². The van der Waals surface area contributed by atoms with Crippen molar-refractivity contribution in [3.8, 4) is 39.1 Å². The summed E-state index contributed by atoms with van der Waals surface area (Å²) in [5.74, 6) is 0. The van der Waals surface area contributed by atoms with Crippen LogP contribution in [0.2, 0.25) is 0 Å². The summed E-state index contributed by atoms with van der Waals surface area (Å²) < 4.78 is 2.34. The summed E-state index contributed by atoms with van der Waals surface area (Å²) in [7, 11) is 0. The summed E-state index contributed by atoms with van der Waals surface area (Å²) in [6.07, 6.45) is 2.21. The minimum Gasteiger partial charge on any atom is -0.317 e. The first-order valence-electron chi connectivity index (χ1n) is 19.8. The number of benzene rings is 9. The number of rotatable bonds is 5. The second kappa shape index (κ2) is 12.3. The molecule has 2 aliphatic rings. The van der Waals surface area contributed by atoms with E-state index >= 15 is 0 Å². The van der Waals surface area contributed by atoms with Crippen LogP contribution in [0.25, 0.3) is 60.7 Å². The summed E-state index contributed by atoms with van der Waals surface area (Å²) in [6.45, 7) is 0. The van der Waals surface area contributed by atoms with Gasteiger partial charge in [0.05, 0.1) is 16.6 Å². The van der Waals surface area contributed by atoms with Crippen LogP contribution in [0.5, 0.6) is 0 Å². The van der Waals surface area contributed by atoms with Crippen molar-refractivity contribution in [3.05, 3.63) is 241 Å². The Hall–Kier alpha value is -7.42. The quantitative estimate of drug-likeness (QED) is 0.172. The zero-order valence-electron chi connectivity index (χ0n) is 31.2. The molecule has 1 heterocycles. The molecule has 0 radical (unpaired) electrons. The lowest BCUT2D eigenvalue weighted by Crippen LogP contribution is -2.26. The molecule has 2 heteroatoms. The Labute approximate surface area is 332 Å². The highest BCUT2D eigenvalue weighted by Gasteiger charge is 2.52. The Morgan fingerprint density at radius 1 is 0.368 bits per heavy atom. The highest BCUT2D eigenvalue weighted by molar-refractivity contribution is 6.01. The maximum Gasteiger partial charge on any atom is 0.0727 e. The minimum atomic E-state index is -0.506. The Kier molecular flexibility index (Phi) is 6.88. The van der Waals surface area contributed by atoms with Crippen molar-refractivity contribution in [2.75, 3.05) is 4.90 Å². The van der Waals surface area contributed by atoms with Crippen LogP contribution in [-0.4, -0.2) is 4.57 Å². The Morgan fingerprint density at radius 3 is 1.74 bits per heavy atom. The molecule has 57 heavy (non-hydrogen) atoms. The molecule has 10 aromatic rings. The fraction of sp³-hybridized carbons (Fsp3) is 0.0182. The van der Waals surface area contributed by atoms with E-state index in [1.807, 2.05) is 0 Å². The minimum absolute atomic E-state index is 0.506. The van der Waals surface area contributed by atoms with Gasteiger partial charge in [0.25, 0.3) is 0 Å². The molecule has 0 bridgehead atoms. The van der Waals surface area contributed by atoms with Crippen LogP contribution in [0.15, 0.2) is 219 Å². The van der Waals surface area contributed by atoms with Gasteiger partial charge in [0.2, 0.25) is 0 Å². The summed E-state index contributed by atoms with van der Waals surface area (Å²) in [4.78, 5) is 2.46. The van der Waals surface area contributed by atoms with Crippen molar-refractivity contribution in [2.24, 2.45) is 0 Å². The van der Waals surface area contributed by atoms with Crippen molar-refractivity contribution < 1.29 is 0 Å². The summed E-state index contributed by atoms with van der Waals surface area (Å²) in [5, 5.41) is 3.67. The molecule has 0 atom stereocenters. The largest absolute Gasteiger partial charge is 0.317 e. The molecule has 9 aromatic carbocycles. The van der Waals surface area contributed by atoms with Crippen LogP contribution < -0.4 is 4.90 Å². The average molecular weight is 725 g/mol. The van der Waals surface area contributed by atoms with Gasteiger partial charge in [-0.2, -0.15) is 0 Å². The van der Waals surface area contributed by atoms with E-state index in [0.29, 0.717) is 0 Å². The fourth-order valence-corrected chi connectivity index (χ4v) is 9.98. The predicted molar refractivity (Wildman–Crippen MR) is 237 cm³/mol. The molecular weight excluding hydrogens is 689 g/mol. The lowest BCUT2D eigenvalue weighted by Gasteiger charge is -2.32. The van der Waals surface area contributed by atoms with E-state index in [1.54, 1.807) is 0 Å². The third-order valence-corrected chi connectivity index (χ3v) is 12.4. The number of para-hydroxylation sites is 1. The SMILES string of the molecule is c1ccc(-c2ccc(N(c3ccc4c(c3)C3(c5ccccc5-c5ccccc53)c3cc(-n5ccc6ccccc65)ccc3-4)c3cccc4ccccc34)cc2)cc1. The van der Waals surface area contributed by atoms with E-state index in [2.05, 4.69) is 228 Å². The summed E-state index contributed by atoms with van der Waals surface area (Å²) in [5.41, 5.74) is 18.2. The maximum atomic E-state index is 2.49. The maximum absolute atomic E-state index is 2.49. The smallest absolute Gasteiger partial charge is 0.0727 e. The van der Waals surface area contributed by atoms with Crippen molar-refractivity contribution >= 4 is 38.7 Å². The number of nitrogens with zero attached hydrogens (tertiary/aromatic N) is 2. The van der Waals surface area contributed by atoms with E-state index in [1.165, 1.54) is 83.0 Å². The number of hydrogen-bond donors (Lipinski definition) is 0. The van der Waals surface area contributed by atoms with Crippen LogP contribution in [0.3, 0.4) is 0 Å². The lowest BCUT2D eigenvalue weighted by molar-refractivity contribution is 0.792. The van der Waals surface area contributed by atoms with Gasteiger partial charge in [0, 0.05) is 28.6 Å². The van der Waals surface area contributed by atoms with E-state index in [9.17, 15) is 0 Å².